The number of halogens is 1. The fourth-order valence-electron chi connectivity index (χ4n) is 2.28. The van der Waals surface area contributed by atoms with Crippen LogP contribution in [0.1, 0.15) is 12.5 Å². The Morgan fingerprint density at radius 1 is 1.32 bits per heavy atom. The SMILES string of the molecule is C=C(C)C(=O)OCCc1ccc(O)c(-n2nc3cccc(Cl)c3n2)c1. The number of carbonyl (C=O) groups is 1. The molecule has 3 rings (SSSR count). The maximum atomic E-state index is 11.4. The van der Waals surface area contributed by atoms with Crippen molar-refractivity contribution in [1.82, 2.24) is 15.0 Å². The number of benzene rings is 2. The second-order valence-electron chi connectivity index (χ2n) is 5.59. The summed E-state index contributed by atoms with van der Waals surface area (Å²) in [5.74, 6) is -0.382. The molecule has 6 nitrogen and oxygen atoms in total. The Morgan fingerprint density at radius 3 is 2.84 bits per heavy atom. The van der Waals surface area contributed by atoms with Crippen molar-refractivity contribution >= 4 is 28.6 Å². The van der Waals surface area contributed by atoms with Crippen molar-refractivity contribution in [2.75, 3.05) is 6.61 Å². The van der Waals surface area contributed by atoms with Crippen LogP contribution in [0.5, 0.6) is 5.75 Å². The summed E-state index contributed by atoms with van der Waals surface area (Å²) in [5.41, 5.74) is 2.85. The molecule has 0 unspecified atom stereocenters. The number of phenols is 1. The number of hydrogen-bond donors (Lipinski definition) is 1. The van der Waals surface area contributed by atoms with Gasteiger partial charge in [0.2, 0.25) is 0 Å². The van der Waals surface area contributed by atoms with E-state index in [1.54, 1.807) is 43.3 Å². The Kier molecular flexibility index (Phi) is 4.72. The second-order valence-corrected chi connectivity index (χ2v) is 5.99. The van der Waals surface area contributed by atoms with Crippen LogP contribution in [-0.2, 0) is 16.0 Å². The standard InChI is InChI=1S/C18H16ClN3O3/c1-11(2)18(24)25-9-8-12-6-7-16(23)15(10-12)22-20-14-5-3-4-13(19)17(14)21-22/h3-7,10,23H,1,8-9H2,2H3. The van der Waals surface area contributed by atoms with Gasteiger partial charge in [0.05, 0.1) is 11.6 Å². The van der Waals surface area contributed by atoms with Gasteiger partial charge in [-0.05, 0) is 36.8 Å². The van der Waals surface area contributed by atoms with Gasteiger partial charge >= 0.3 is 5.97 Å². The molecule has 2 aromatic carbocycles. The zero-order valence-electron chi connectivity index (χ0n) is 13.6. The minimum absolute atomic E-state index is 0.0408. The molecule has 1 N–H and O–H groups in total. The Hall–Kier alpha value is -2.86. The lowest BCUT2D eigenvalue weighted by Gasteiger charge is -2.08. The van der Waals surface area contributed by atoms with E-state index in [1.165, 1.54) is 4.80 Å². The Morgan fingerprint density at radius 2 is 2.12 bits per heavy atom. The summed E-state index contributed by atoms with van der Waals surface area (Å²) in [4.78, 5) is 12.8. The van der Waals surface area contributed by atoms with E-state index in [-0.39, 0.29) is 12.4 Å². The Balaban J connectivity index is 1.84. The summed E-state index contributed by atoms with van der Waals surface area (Å²) < 4.78 is 5.09. The lowest BCUT2D eigenvalue weighted by molar-refractivity contribution is -0.138. The molecule has 0 saturated carbocycles. The molecule has 0 aliphatic rings. The van der Waals surface area contributed by atoms with Gasteiger partial charge in [0.25, 0.3) is 0 Å². The number of hydrogen-bond acceptors (Lipinski definition) is 5. The van der Waals surface area contributed by atoms with Crippen LogP contribution < -0.4 is 0 Å². The number of esters is 1. The first kappa shape index (κ1) is 17.0. The second kappa shape index (κ2) is 6.94. The van der Waals surface area contributed by atoms with Gasteiger partial charge < -0.3 is 9.84 Å². The third-order valence-corrected chi connectivity index (χ3v) is 3.90. The molecule has 0 radical (unpaired) electrons. The lowest BCUT2D eigenvalue weighted by Crippen LogP contribution is -2.08. The largest absolute Gasteiger partial charge is 0.506 e. The average molecular weight is 358 g/mol. The highest BCUT2D eigenvalue weighted by molar-refractivity contribution is 6.34. The predicted octanol–water partition coefficient (Wildman–Crippen LogP) is 3.44. The highest BCUT2D eigenvalue weighted by Gasteiger charge is 2.12. The van der Waals surface area contributed by atoms with E-state index in [0.717, 1.165) is 5.56 Å². The molecule has 0 aliphatic heterocycles. The van der Waals surface area contributed by atoms with Crippen molar-refractivity contribution < 1.29 is 14.6 Å². The van der Waals surface area contributed by atoms with Crippen LogP contribution in [-0.4, -0.2) is 32.7 Å². The minimum Gasteiger partial charge on any atom is -0.506 e. The van der Waals surface area contributed by atoms with Crippen molar-refractivity contribution in [2.24, 2.45) is 0 Å². The average Bonchev–Trinajstić information content (AvgIpc) is 3.01. The summed E-state index contributed by atoms with van der Waals surface area (Å²) in [7, 11) is 0. The molecular weight excluding hydrogens is 342 g/mol. The molecule has 0 spiro atoms. The molecule has 0 saturated heterocycles. The van der Waals surface area contributed by atoms with Crippen LogP contribution >= 0.6 is 11.6 Å². The summed E-state index contributed by atoms with van der Waals surface area (Å²) in [5, 5.41) is 19.3. The molecule has 3 aromatic rings. The van der Waals surface area contributed by atoms with Gasteiger partial charge in [-0.25, -0.2) is 4.79 Å². The van der Waals surface area contributed by atoms with Gasteiger partial charge in [-0.15, -0.1) is 15.0 Å². The van der Waals surface area contributed by atoms with Crippen molar-refractivity contribution in [2.45, 2.75) is 13.3 Å². The maximum Gasteiger partial charge on any atom is 0.333 e. The van der Waals surface area contributed by atoms with E-state index in [2.05, 4.69) is 16.8 Å². The van der Waals surface area contributed by atoms with Crippen molar-refractivity contribution in [3.8, 4) is 11.4 Å². The van der Waals surface area contributed by atoms with E-state index < -0.39 is 5.97 Å². The normalized spacial score (nSPS) is 10.8. The smallest absolute Gasteiger partial charge is 0.333 e. The first-order chi connectivity index (χ1) is 12.0. The summed E-state index contributed by atoms with van der Waals surface area (Å²) in [6, 6.07) is 10.4. The monoisotopic (exact) mass is 357 g/mol. The number of aromatic hydroxyl groups is 1. The topological polar surface area (TPSA) is 77.2 Å². The number of nitrogens with zero attached hydrogens (tertiary/aromatic N) is 3. The van der Waals surface area contributed by atoms with E-state index in [9.17, 15) is 9.90 Å². The highest BCUT2D eigenvalue weighted by Crippen LogP contribution is 2.25. The van der Waals surface area contributed by atoms with E-state index >= 15 is 0 Å². The first-order valence-electron chi connectivity index (χ1n) is 7.62. The van der Waals surface area contributed by atoms with Crippen molar-refractivity contribution in [3.63, 3.8) is 0 Å². The third-order valence-electron chi connectivity index (χ3n) is 3.59. The van der Waals surface area contributed by atoms with E-state index in [0.29, 0.717) is 33.7 Å². The zero-order chi connectivity index (χ0) is 18.0. The summed E-state index contributed by atoms with van der Waals surface area (Å²) >= 11 is 6.12. The van der Waals surface area contributed by atoms with Gasteiger partial charge in [0, 0.05) is 12.0 Å². The number of carbonyl (C=O) groups excluding carboxylic acids is 1. The number of fused-ring (bicyclic) bond motifs is 1. The van der Waals surface area contributed by atoms with Crippen molar-refractivity contribution in [3.05, 3.63) is 59.1 Å². The van der Waals surface area contributed by atoms with Crippen LogP contribution in [0, 0.1) is 0 Å². The molecule has 25 heavy (non-hydrogen) atoms. The van der Waals surface area contributed by atoms with Crippen LogP contribution in [0.3, 0.4) is 0 Å². The molecule has 128 valence electrons. The Bertz CT molecular complexity index is 965. The van der Waals surface area contributed by atoms with Gasteiger partial charge in [0.15, 0.2) is 0 Å². The molecule has 0 aliphatic carbocycles. The van der Waals surface area contributed by atoms with Gasteiger partial charge in [-0.1, -0.05) is 30.3 Å². The van der Waals surface area contributed by atoms with Crippen molar-refractivity contribution in [1.29, 1.82) is 0 Å². The Labute approximate surface area is 149 Å². The fourth-order valence-corrected chi connectivity index (χ4v) is 2.49. The lowest BCUT2D eigenvalue weighted by atomic mass is 10.1. The third kappa shape index (κ3) is 3.64. The van der Waals surface area contributed by atoms with Crippen LogP contribution in [0.4, 0.5) is 0 Å². The first-order valence-corrected chi connectivity index (χ1v) is 8.00. The molecular formula is C18H16ClN3O3. The van der Waals surface area contributed by atoms with Gasteiger partial charge in [-0.3, -0.25) is 0 Å². The van der Waals surface area contributed by atoms with Crippen LogP contribution in [0.2, 0.25) is 5.02 Å². The zero-order valence-corrected chi connectivity index (χ0v) is 14.3. The number of ether oxygens (including phenoxy) is 1. The number of aromatic nitrogens is 3. The summed E-state index contributed by atoms with van der Waals surface area (Å²) in [6.07, 6.45) is 0.494. The van der Waals surface area contributed by atoms with E-state index in [1.807, 2.05) is 0 Å². The summed E-state index contributed by atoms with van der Waals surface area (Å²) in [6.45, 7) is 5.35. The predicted molar refractivity (Wildman–Crippen MR) is 95.0 cm³/mol. The maximum absolute atomic E-state index is 11.4. The van der Waals surface area contributed by atoms with E-state index in [4.69, 9.17) is 16.3 Å². The van der Waals surface area contributed by atoms with Gasteiger partial charge in [-0.2, -0.15) is 0 Å². The number of rotatable bonds is 5. The minimum atomic E-state index is -0.423. The molecule has 1 aromatic heterocycles. The van der Waals surface area contributed by atoms with Crippen LogP contribution in [0.15, 0.2) is 48.6 Å². The number of phenolic OH excluding ortho intramolecular Hbond substituents is 1. The van der Waals surface area contributed by atoms with Gasteiger partial charge in [0.1, 0.15) is 22.5 Å². The molecule has 0 fully saturated rings. The molecule has 0 atom stereocenters. The fraction of sp³-hybridized carbons (Fsp3) is 0.167. The molecule has 7 heteroatoms. The highest BCUT2D eigenvalue weighted by atomic mass is 35.5. The van der Waals surface area contributed by atoms with Crippen LogP contribution in [0.25, 0.3) is 16.7 Å². The molecule has 0 bridgehead atoms. The quantitative estimate of drug-likeness (QED) is 0.559. The molecule has 0 amide bonds. The molecule has 1 heterocycles.